The maximum absolute atomic E-state index is 12.7. The largest absolute Gasteiger partial charge is 0.462 e. The third-order valence-electron chi connectivity index (χ3n) is 2.21. The van der Waals surface area contributed by atoms with E-state index in [1.165, 1.54) is 6.92 Å². The van der Waals surface area contributed by atoms with Crippen LogP contribution in [0.4, 0.5) is 26.3 Å². The van der Waals surface area contributed by atoms with Crippen molar-refractivity contribution in [3.05, 3.63) is 33.8 Å². The maximum atomic E-state index is 12.7. The van der Waals surface area contributed by atoms with Gasteiger partial charge in [0.25, 0.3) is 0 Å². The highest BCUT2D eigenvalue weighted by molar-refractivity contribution is 6.31. The number of halogens is 7. The Kier molecular flexibility index (Phi) is 4.58. The summed E-state index contributed by atoms with van der Waals surface area (Å²) in [6, 6.07) is 0.111. The molecule has 2 nitrogen and oxygen atoms in total. The zero-order valence-electron chi connectivity index (χ0n) is 9.82. The van der Waals surface area contributed by atoms with Gasteiger partial charge in [-0.2, -0.15) is 26.3 Å². The molecular formula is C11H7ClF6O2. The summed E-state index contributed by atoms with van der Waals surface area (Å²) in [5, 5.41) is -1.01. The molecule has 0 atom stereocenters. The molecular weight excluding hydrogens is 314 g/mol. The van der Waals surface area contributed by atoms with Crippen LogP contribution in [0.1, 0.15) is 28.4 Å². The highest BCUT2D eigenvalue weighted by atomic mass is 35.5. The van der Waals surface area contributed by atoms with Gasteiger partial charge >= 0.3 is 18.3 Å². The molecule has 20 heavy (non-hydrogen) atoms. The predicted octanol–water partition coefficient (Wildman–Crippen LogP) is 4.55. The first kappa shape index (κ1) is 16.6. The topological polar surface area (TPSA) is 26.3 Å². The van der Waals surface area contributed by atoms with Crippen LogP contribution in [0.3, 0.4) is 0 Å². The molecule has 0 saturated heterocycles. The zero-order valence-corrected chi connectivity index (χ0v) is 10.6. The number of rotatable bonds is 2. The van der Waals surface area contributed by atoms with Crippen LogP contribution >= 0.6 is 11.6 Å². The van der Waals surface area contributed by atoms with Crippen LogP contribution in [0.2, 0.25) is 5.02 Å². The van der Waals surface area contributed by atoms with Crippen LogP contribution in [-0.2, 0) is 17.1 Å². The lowest BCUT2D eigenvalue weighted by Crippen LogP contribution is -2.18. The molecule has 0 aliphatic rings. The van der Waals surface area contributed by atoms with Crippen molar-refractivity contribution in [1.29, 1.82) is 0 Å². The minimum absolute atomic E-state index is 0.200. The molecule has 0 aliphatic heterocycles. The number of hydrogen-bond acceptors (Lipinski definition) is 2. The van der Waals surface area contributed by atoms with Gasteiger partial charge in [-0.15, -0.1) is 0 Å². The van der Waals surface area contributed by atoms with Crippen molar-refractivity contribution in [3.8, 4) is 0 Å². The zero-order chi connectivity index (χ0) is 15.7. The van der Waals surface area contributed by atoms with Gasteiger partial charge in [-0.05, 0) is 19.1 Å². The van der Waals surface area contributed by atoms with Crippen LogP contribution in [-0.4, -0.2) is 12.6 Å². The van der Waals surface area contributed by atoms with E-state index >= 15 is 0 Å². The Bertz CT molecular complexity index is 521. The van der Waals surface area contributed by atoms with E-state index in [4.69, 9.17) is 11.6 Å². The number of alkyl halides is 6. The minimum Gasteiger partial charge on any atom is -0.462 e. The summed E-state index contributed by atoms with van der Waals surface area (Å²) < 4.78 is 80.1. The average molecular weight is 321 g/mol. The Morgan fingerprint density at radius 1 is 1.10 bits per heavy atom. The van der Waals surface area contributed by atoms with E-state index in [-0.39, 0.29) is 12.7 Å². The highest BCUT2D eigenvalue weighted by Gasteiger charge is 2.41. The second-order valence-corrected chi connectivity index (χ2v) is 4.00. The van der Waals surface area contributed by atoms with Crippen LogP contribution in [0.25, 0.3) is 0 Å². The number of esters is 1. The summed E-state index contributed by atoms with van der Waals surface area (Å²) in [6.07, 6.45) is -10.2. The summed E-state index contributed by atoms with van der Waals surface area (Å²) in [5.41, 5.74) is -4.47. The smallest absolute Gasteiger partial charge is 0.417 e. The lowest BCUT2D eigenvalue weighted by Gasteiger charge is -2.16. The molecule has 0 amide bonds. The number of hydrogen-bond donors (Lipinski definition) is 0. The van der Waals surface area contributed by atoms with Crippen LogP contribution in [0.15, 0.2) is 12.1 Å². The van der Waals surface area contributed by atoms with Crippen molar-refractivity contribution in [2.75, 3.05) is 6.61 Å². The van der Waals surface area contributed by atoms with Gasteiger partial charge in [0.1, 0.15) is 0 Å². The van der Waals surface area contributed by atoms with Crippen molar-refractivity contribution in [1.82, 2.24) is 0 Å². The molecule has 0 N–H and O–H groups in total. The van der Waals surface area contributed by atoms with Crippen molar-refractivity contribution in [2.24, 2.45) is 0 Å². The molecule has 0 unspecified atom stereocenters. The third-order valence-corrected chi connectivity index (χ3v) is 2.53. The molecule has 0 spiro atoms. The number of benzene rings is 1. The molecule has 0 aromatic heterocycles. The Hall–Kier alpha value is -1.44. The summed E-state index contributed by atoms with van der Waals surface area (Å²) in [7, 11) is 0. The molecule has 1 aromatic rings. The number of carbonyl (C=O) groups is 1. The quantitative estimate of drug-likeness (QED) is 0.590. The lowest BCUT2D eigenvalue weighted by atomic mass is 10.0. The summed E-state index contributed by atoms with van der Waals surface area (Å²) in [5.74, 6) is -1.39. The first-order valence-corrected chi connectivity index (χ1v) is 5.51. The lowest BCUT2D eigenvalue weighted by molar-refractivity contribution is -0.143. The Morgan fingerprint density at radius 2 is 1.60 bits per heavy atom. The van der Waals surface area contributed by atoms with Crippen molar-refractivity contribution in [3.63, 3.8) is 0 Å². The van der Waals surface area contributed by atoms with E-state index in [1.54, 1.807) is 0 Å². The Morgan fingerprint density at radius 3 is 2.00 bits per heavy atom. The van der Waals surface area contributed by atoms with Gasteiger partial charge in [0.15, 0.2) is 0 Å². The van der Waals surface area contributed by atoms with E-state index in [1.807, 2.05) is 0 Å². The normalized spacial score (nSPS) is 12.4. The van der Waals surface area contributed by atoms with Gasteiger partial charge in [-0.1, -0.05) is 11.6 Å². The maximum Gasteiger partial charge on any atom is 0.417 e. The third kappa shape index (κ3) is 3.56. The van der Waals surface area contributed by atoms with E-state index in [2.05, 4.69) is 4.74 Å². The van der Waals surface area contributed by atoms with E-state index in [0.717, 1.165) is 0 Å². The van der Waals surface area contributed by atoms with E-state index in [0.29, 0.717) is 6.07 Å². The van der Waals surface area contributed by atoms with Gasteiger partial charge in [-0.25, -0.2) is 4.79 Å². The molecule has 0 saturated carbocycles. The molecule has 0 aliphatic carbocycles. The molecule has 0 heterocycles. The molecule has 0 radical (unpaired) electrons. The van der Waals surface area contributed by atoms with Gasteiger partial charge in [-0.3, -0.25) is 0 Å². The molecule has 1 aromatic carbocycles. The SMILES string of the molecule is CCOC(=O)c1cc(Cl)c(C(F)(F)F)cc1C(F)(F)F. The van der Waals surface area contributed by atoms with Gasteiger partial charge in [0, 0.05) is 0 Å². The fraction of sp³-hybridized carbons (Fsp3) is 0.364. The molecule has 112 valence electrons. The van der Waals surface area contributed by atoms with Crippen LogP contribution in [0, 0.1) is 0 Å². The second-order valence-electron chi connectivity index (χ2n) is 3.59. The first-order valence-electron chi connectivity index (χ1n) is 5.13. The van der Waals surface area contributed by atoms with Crippen LogP contribution < -0.4 is 0 Å². The summed E-state index contributed by atoms with van der Waals surface area (Å²) >= 11 is 5.29. The fourth-order valence-electron chi connectivity index (χ4n) is 1.40. The minimum atomic E-state index is -5.15. The van der Waals surface area contributed by atoms with Gasteiger partial charge in [0.2, 0.25) is 0 Å². The van der Waals surface area contributed by atoms with Gasteiger partial charge < -0.3 is 4.74 Å². The monoisotopic (exact) mass is 320 g/mol. The molecule has 0 bridgehead atoms. The van der Waals surface area contributed by atoms with Gasteiger partial charge in [0.05, 0.1) is 28.3 Å². The molecule has 0 fully saturated rings. The van der Waals surface area contributed by atoms with E-state index in [9.17, 15) is 31.1 Å². The standard InChI is InChI=1S/C11H7ClF6O2/c1-2-20-9(19)5-3-8(12)7(11(16,17)18)4-6(5)10(13,14)15/h3-4H,2H2,1H3. The predicted molar refractivity (Wildman–Crippen MR) is 57.4 cm³/mol. The number of ether oxygens (including phenoxy) is 1. The molecule has 1 rings (SSSR count). The van der Waals surface area contributed by atoms with Crippen molar-refractivity contribution in [2.45, 2.75) is 19.3 Å². The Balaban J connectivity index is 3.54. The fourth-order valence-corrected chi connectivity index (χ4v) is 1.67. The second kappa shape index (κ2) is 5.51. The Labute approximate surface area is 114 Å². The molecule has 9 heteroatoms. The first-order chi connectivity index (χ1) is 8.98. The van der Waals surface area contributed by atoms with Crippen molar-refractivity contribution >= 4 is 17.6 Å². The number of carbonyl (C=O) groups excluding carboxylic acids is 1. The summed E-state index contributed by atoms with van der Waals surface area (Å²) in [4.78, 5) is 11.4. The van der Waals surface area contributed by atoms with Crippen molar-refractivity contribution < 1.29 is 35.9 Å². The average Bonchev–Trinajstić information content (AvgIpc) is 2.25. The highest BCUT2D eigenvalue weighted by Crippen LogP contribution is 2.41. The summed E-state index contributed by atoms with van der Waals surface area (Å²) in [6.45, 7) is 1.12. The van der Waals surface area contributed by atoms with E-state index < -0.39 is 40.0 Å². The van der Waals surface area contributed by atoms with Crippen LogP contribution in [0.5, 0.6) is 0 Å².